The Labute approximate surface area is 408 Å². The predicted molar refractivity (Wildman–Crippen MR) is 295 cm³/mol. The molecule has 0 atom stereocenters. The van der Waals surface area contributed by atoms with Crippen LogP contribution in [0.5, 0.6) is 0 Å². The number of para-hydroxylation sites is 1. The minimum Gasteiger partial charge on any atom is -0.309 e. The van der Waals surface area contributed by atoms with Crippen molar-refractivity contribution in [1.29, 1.82) is 0 Å². The highest BCUT2D eigenvalue weighted by Crippen LogP contribution is 2.50. The Hall–Kier alpha value is -8.64. The Morgan fingerprint density at radius 1 is 0.400 bits per heavy atom. The number of fused-ring (bicyclic) bond motifs is 13. The number of rotatable bonds is 5. The molecule has 0 spiro atoms. The lowest BCUT2D eigenvalue weighted by atomic mass is 9.82. The highest BCUT2D eigenvalue weighted by Gasteiger charge is 2.35. The minimum absolute atomic E-state index is 0.149. The van der Waals surface area contributed by atoms with Crippen LogP contribution in [0.3, 0.4) is 0 Å². The summed E-state index contributed by atoms with van der Waals surface area (Å²) in [5.74, 6) is 0.659. The fraction of sp³-hybridized carbons (Fsp3) is 0.0462. The minimum atomic E-state index is -0.149. The second-order valence-corrected chi connectivity index (χ2v) is 20.4. The molecule has 70 heavy (non-hydrogen) atoms. The molecule has 0 aliphatic heterocycles. The summed E-state index contributed by atoms with van der Waals surface area (Å²) in [7, 11) is 0. The first-order valence-corrected chi connectivity index (χ1v) is 24.9. The first-order chi connectivity index (χ1) is 34.4. The molecule has 0 radical (unpaired) electrons. The number of hydrogen-bond donors (Lipinski definition) is 0. The average Bonchev–Trinajstić information content (AvgIpc) is 4.15. The van der Waals surface area contributed by atoms with E-state index in [1.165, 1.54) is 81.4 Å². The normalized spacial score (nSPS) is 13.1. The standard InChI is InChI=1S/C65H42N4S/c1-65(2)53-24-14-13-23-48(53)49-29-26-45(35-54(49)65)62-63-55(38-60(70-63)40-16-5-3-6-17-40)66-64(67-62)69-56-31-28-43(34-51(56)52-33-41-18-9-10-19-42(41)36-59(52)69)44-25-30-50-58(37-44)68(46-20-7-4-8-21-46)57-32-27-39-15-11-12-22-47(39)61(50)57/h3-38H,1-2H3. The van der Waals surface area contributed by atoms with Crippen LogP contribution >= 0.6 is 11.3 Å². The summed E-state index contributed by atoms with van der Waals surface area (Å²) in [6.45, 7) is 4.70. The van der Waals surface area contributed by atoms with E-state index in [-0.39, 0.29) is 5.41 Å². The van der Waals surface area contributed by atoms with Gasteiger partial charge in [0.2, 0.25) is 5.95 Å². The highest BCUT2D eigenvalue weighted by molar-refractivity contribution is 7.22. The number of benzene rings is 10. The summed E-state index contributed by atoms with van der Waals surface area (Å²) in [6.07, 6.45) is 0. The molecule has 10 aromatic carbocycles. The molecule has 14 aromatic rings. The van der Waals surface area contributed by atoms with Crippen LogP contribution in [-0.2, 0) is 5.41 Å². The molecule has 0 fully saturated rings. The predicted octanol–water partition coefficient (Wildman–Crippen LogP) is 17.5. The lowest BCUT2D eigenvalue weighted by Crippen LogP contribution is -2.15. The van der Waals surface area contributed by atoms with E-state index < -0.39 is 0 Å². The molecule has 0 bridgehead atoms. The summed E-state index contributed by atoms with van der Waals surface area (Å²) in [6, 6.07) is 80.1. The largest absolute Gasteiger partial charge is 0.309 e. The van der Waals surface area contributed by atoms with Gasteiger partial charge in [0.25, 0.3) is 0 Å². The molecule has 1 aliphatic rings. The van der Waals surface area contributed by atoms with Crippen LogP contribution in [0.2, 0.25) is 0 Å². The van der Waals surface area contributed by atoms with Crippen LogP contribution in [0.4, 0.5) is 0 Å². The van der Waals surface area contributed by atoms with Crippen LogP contribution in [-0.4, -0.2) is 19.1 Å². The zero-order valence-corrected chi connectivity index (χ0v) is 39.3. The lowest BCUT2D eigenvalue weighted by Gasteiger charge is -2.22. The van der Waals surface area contributed by atoms with Crippen LogP contribution < -0.4 is 0 Å². The second kappa shape index (κ2) is 14.7. The lowest BCUT2D eigenvalue weighted by molar-refractivity contribution is 0.660. The van der Waals surface area contributed by atoms with Gasteiger partial charge in [-0.25, -0.2) is 9.97 Å². The molecular formula is C65H42N4S. The number of thiophene rings is 1. The zero-order valence-electron chi connectivity index (χ0n) is 38.5. The quantitative estimate of drug-likeness (QED) is 0.172. The SMILES string of the molecule is CC1(C)c2ccccc2-c2ccc(-c3nc(-n4c5ccc(-c6ccc7c8c9ccccc9ccc8n(-c8ccccc8)c7c6)cc5c5cc6ccccc6cc54)nc4cc(-c5ccccc5)sc34)cc21. The smallest absolute Gasteiger partial charge is 0.235 e. The van der Waals surface area contributed by atoms with E-state index in [9.17, 15) is 0 Å². The molecule has 4 aromatic heterocycles. The van der Waals surface area contributed by atoms with Gasteiger partial charge in [-0.1, -0.05) is 172 Å². The third-order valence-corrected chi connectivity index (χ3v) is 16.3. The van der Waals surface area contributed by atoms with Crippen molar-refractivity contribution < 1.29 is 0 Å². The molecule has 0 unspecified atom stereocenters. The Morgan fingerprint density at radius 3 is 1.91 bits per heavy atom. The molecule has 0 saturated heterocycles. The Kier molecular flexibility index (Phi) is 8.26. The van der Waals surface area contributed by atoms with Gasteiger partial charge in [-0.2, -0.15) is 0 Å². The summed E-state index contributed by atoms with van der Waals surface area (Å²) in [5, 5.41) is 9.73. The topological polar surface area (TPSA) is 35.6 Å². The first-order valence-electron chi connectivity index (χ1n) is 24.1. The maximum atomic E-state index is 5.68. The van der Waals surface area contributed by atoms with E-state index in [0.29, 0.717) is 5.95 Å². The molecule has 5 heteroatoms. The van der Waals surface area contributed by atoms with Crippen LogP contribution in [0.25, 0.3) is 131 Å². The summed E-state index contributed by atoms with van der Waals surface area (Å²) < 4.78 is 5.82. The molecule has 15 rings (SSSR count). The molecule has 4 nitrogen and oxygen atoms in total. The van der Waals surface area contributed by atoms with Crippen LogP contribution in [0.1, 0.15) is 25.0 Å². The average molecular weight is 911 g/mol. The molecule has 0 amide bonds. The van der Waals surface area contributed by atoms with E-state index in [2.05, 4.69) is 241 Å². The van der Waals surface area contributed by atoms with Gasteiger partial charge in [0.15, 0.2) is 0 Å². The fourth-order valence-corrected chi connectivity index (χ4v) is 12.8. The fourth-order valence-electron chi connectivity index (χ4n) is 11.7. The number of aromatic nitrogens is 4. The number of nitrogens with zero attached hydrogens (tertiary/aromatic N) is 4. The van der Waals surface area contributed by atoms with Crippen molar-refractivity contribution in [3.05, 3.63) is 230 Å². The van der Waals surface area contributed by atoms with Gasteiger partial charge in [-0.3, -0.25) is 4.57 Å². The zero-order chi connectivity index (χ0) is 46.2. The monoisotopic (exact) mass is 910 g/mol. The van der Waals surface area contributed by atoms with E-state index in [0.717, 1.165) is 54.7 Å². The van der Waals surface area contributed by atoms with Crippen molar-refractivity contribution in [2.45, 2.75) is 19.3 Å². The molecule has 328 valence electrons. The van der Waals surface area contributed by atoms with Gasteiger partial charge in [-0.05, 0) is 121 Å². The van der Waals surface area contributed by atoms with E-state index in [4.69, 9.17) is 9.97 Å². The van der Waals surface area contributed by atoms with Gasteiger partial charge in [0, 0.05) is 43.1 Å². The van der Waals surface area contributed by atoms with Gasteiger partial charge in [0.1, 0.15) is 0 Å². The molecule has 0 saturated carbocycles. The summed E-state index contributed by atoms with van der Waals surface area (Å²) in [4.78, 5) is 12.4. The summed E-state index contributed by atoms with van der Waals surface area (Å²) >= 11 is 1.77. The van der Waals surface area contributed by atoms with Crippen molar-refractivity contribution in [3.8, 4) is 55.6 Å². The Balaban J connectivity index is 0.966. The third-order valence-electron chi connectivity index (χ3n) is 15.1. The maximum Gasteiger partial charge on any atom is 0.235 e. The number of hydrogen-bond acceptors (Lipinski definition) is 3. The van der Waals surface area contributed by atoms with Crippen molar-refractivity contribution >= 4 is 86.7 Å². The molecule has 0 N–H and O–H groups in total. The molecule has 4 heterocycles. The second-order valence-electron chi connectivity index (χ2n) is 19.4. The maximum absolute atomic E-state index is 5.68. The van der Waals surface area contributed by atoms with Crippen molar-refractivity contribution in [2.24, 2.45) is 0 Å². The summed E-state index contributed by atoms with van der Waals surface area (Å²) in [5.41, 5.74) is 17.3. The van der Waals surface area contributed by atoms with Crippen LogP contribution in [0, 0.1) is 0 Å². The van der Waals surface area contributed by atoms with Gasteiger partial charge in [-0.15, -0.1) is 11.3 Å². The van der Waals surface area contributed by atoms with Crippen molar-refractivity contribution in [1.82, 2.24) is 19.1 Å². The van der Waals surface area contributed by atoms with Crippen molar-refractivity contribution in [3.63, 3.8) is 0 Å². The van der Waals surface area contributed by atoms with E-state index in [1.54, 1.807) is 11.3 Å². The van der Waals surface area contributed by atoms with Gasteiger partial charge >= 0.3 is 0 Å². The van der Waals surface area contributed by atoms with Gasteiger partial charge < -0.3 is 4.57 Å². The third kappa shape index (κ3) is 5.70. The van der Waals surface area contributed by atoms with E-state index in [1.807, 2.05) is 0 Å². The van der Waals surface area contributed by atoms with Gasteiger partial charge in [0.05, 0.1) is 38.0 Å². The highest BCUT2D eigenvalue weighted by atomic mass is 32.1. The molecular weight excluding hydrogens is 869 g/mol. The van der Waals surface area contributed by atoms with Crippen LogP contribution in [0.15, 0.2) is 218 Å². The molecule has 1 aliphatic carbocycles. The Morgan fingerprint density at radius 2 is 1.06 bits per heavy atom. The van der Waals surface area contributed by atoms with E-state index >= 15 is 0 Å². The Bertz CT molecular complexity index is 4500. The first kappa shape index (κ1) is 39.4. The van der Waals surface area contributed by atoms with Crippen molar-refractivity contribution in [2.75, 3.05) is 0 Å².